The number of hydrogen-bond donors (Lipinski definition) is 1. The normalized spacial score (nSPS) is 11.2. The molecule has 0 spiro atoms. The van der Waals surface area contributed by atoms with Crippen molar-refractivity contribution in [2.45, 2.75) is 46.3 Å². The van der Waals surface area contributed by atoms with Crippen LogP contribution in [0, 0.1) is 5.82 Å². The minimum atomic E-state index is -0.221. The van der Waals surface area contributed by atoms with E-state index in [-0.39, 0.29) is 5.82 Å². The van der Waals surface area contributed by atoms with E-state index in [1.807, 2.05) is 22.9 Å². The van der Waals surface area contributed by atoms with E-state index in [2.05, 4.69) is 31.1 Å². The lowest BCUT2D eigenvalue weighted by molar-refractivity contribution is 0.586. The standard InChI is InChI=1S/C16H22FN3/c1-4-8-20-9-7-18-16(20)14-10-13(5-6-15(14)17)11-19-12(2)3/h5-7,9-10,12,19H,4,8,11H2,1-3H3. The van der Waals surface area contributed by atoms with Crippen LogP contribution in [-0.4, -0.2) is 15.6 Å². The van der Waals surface area contributed by atoms with Gasteiger partial charge in [0.15, 0.2) is 0 Å². The van der Waals surface area contributed by atoms with Crippen LogP contribution in [0.5, 0.6) is 0 Å². The first-order valence-electron chi connectivity index (χ1n) is 7.15. The Kier molecular flexibility index (Phi) is 4.90. The number of aryl methyl sites for hydroxylation is 1. The molecular weight excluding hydrogens is 253 g/mol. The van der Waals surface area contributed by atoms with Gasteiger partial charge in [-0.25, -0.2) is 9.37 Å². The molecule has 1 heterocycles. The molecule has 0 radical (unpaired) electrons. The highest BCUT2D eigenvalue weighted by Crippen LogP contribution is 2.23. The number of rotatable bonds is 6. The number of nitrogens with zero attached hydrogens (tertiary/aromatic N) is 2. The number of hydrogen-bond acceptors (Lipinski definition) is 2. The molecule has 0 amide bonds. The molecule has 20 heavy (non-hydrogen) atoms. The fraction of sp³-hybridized carbons (Fsp3) is 0.438. The molecule has 1 aromatic carbocycles. The molecule has 0 atom stereocenters. The maximum atomic E-state index is 14.1. The maximum Gasteiger partial charge on any atom is 0.142 e. The van der Waals surface area contributed by atoms with E-state index < -0.39 is 0 Å². The fourth-order valence-corrected chi connectivity index (χ4v) is 2.15. The Bertz CT molecular complexity index is 561. The highest BCUT2D eigenvalue weighted by molar-refractivity contribution is 5.57. The molecular formula is C16H22FN3. The third-order valence-electron chi connectivity index (χ3n) is 3.17. The molecule has 0 bridgehead atoms. The Morgan fingerprint density at radius 2 is 2.15 bits per heavy atom. The molecule has 108 valence electrons. The van der Waals surface area contributed by atoms with Crippen LogP contribution in [0.15, 0.2) is 30.6 Å². The van der Waals surface area contributed by atoms with Gasteiger partial charge in [0, 0.05) is 31.5 Å². The highest BCUT2D eigenvalue weighted by atomic mass is 19.1. The van der Waals surface area contributed by atoms with Gasteiger partial charge in [0.2, 0.25) is 0 Å². The van der Waals surface area contributed by atoms with Crippen LogP contribution < -0.4 is 5.32 Å². The summed E-state index contributed by atoms with van der Waals surface area (Å²) in [5.74, 6) is 0.484. The summed E-state index contributed by atoms with van der Waals surface area (Å²) in [6.45, 7) is 7.88. The van der Waals surface area contributed by atoms with Gasteiger partial charge < -0.3 is 9.88 Å². The van der Waals surface area contributed by atoms with Crippen LogP contribution in [-0.2, 0) is 13.1 Å². The van der Waals surface area contributed by atoms with Gasteiger partial charge in [-0.3, -0.25) is 0 Å². The van der Waals surface area contributed by atoms with Crippen molar-refractivity contribution >= 4 is 0 Å². The fourth-order valence-electron chi connectivity index (χ4n) is 2.15. The molecule has 1 N–H and O–H groups in total. The largest absolute Gasteiger partial charge is 0.331 e. The van der Waals surface area contributed by atoms with Crippen LogP contribution in [0.25, 0.3) is 11.4 Å². The Labute approximate surface area is 119 Å². The third-order valence-corrected chi connectivity index (χ3v) is 3.17. The minimum absolute atomic E-state index is 0.221. The second-order valence-corrected chi connectivity index (χ2v) is 5.29. The predicted molar refractivity (Wildman–Crippen MR) is 79.9 cm³/mol. The van der Waals surface area contributed by atoms with Crippen LogP contribution in [0.4, 0.5) is 4.39 Å². The molecule has 0 aliphatic rings. The number of halogens is 1. The topological polar surface area (TPSA) is 29.9 Å². The minimum Gasteiger partial charge on any atom is -0.331 e. The van der Waals surface area contributed by atoms with Crippen LogP contribution in [0.3, 0.4) is 0 Å². The van der Waals surface area contributed by atoms with E-state index in [0.29, 0.717) is 17.4 Å². The lowest BCUT2D eigenvalue weighted by Crippen LogP contribution is -2.21. The van der Waals surface area contributed by atoms with Gasteiger partial charge in [0.05, 0.1) is 5.56 Å². The summed E-state index contributed by atoms with van der Waals surface area (Å²) >= 11 is 0. The first-order valence-corrected chi connectivity index (χ1v) is 7.15. The van der Waals surface area contributed by atoms with Crippen LogP contribution >= 0.6 is 0 Å². The highest BCUT2D eigenvalue weighted by Gasteiger charge is 2.11. The van der Waals surface area contributed by atoms with Crippen molar-refractivity contribution in [3.05, 3.63) is 42.0 Å². The summed E-state index contributed by atoms with van der Waals surface area (Å²) < 4.78 is 16.1. The van der Waals surface area contributed by atoms with E-state index in [1.165, 1.54) is 6.07 Å². The van der Waals surface area contributed by atoms with Gasteiger partial charge in [-0.2, -0.15) is 0 Å². The average Bonchev–Trinajstić information content (AvgIpc) is 2.86. The summed E-state index contributed by atoms with van der Waals surface area (Å²) in [5, 5.41) is 3.34. The Morgan fingerprint density at radius 3 is 2.85 bits per heavy atom. The van der Waals surface area contributed by atoms with Crippen molar-refractivity contribution in [2.24, 2.45) is 0 Å². The van der Waals surface area contributed by atoms with Crippen molar-refractivity contribution in [1.29, 1.82) is 0 Å². The van der Waals surface area contributed by atoms with Crippen molar-refractivity contribution in [2.75, 3.05) is 0 Å². The molecule has 2 aromatic rings. The molecule has 3 nitrogen and oxygen atoms in total. The number of aromatic nitrogens is 2. The van der Waals surface area contributed by atoms with Crippen LogP contribution in [0.2, 0.25) is 0 Å². The zero-order chi connectivity index (χ0) is 14.5. The lowest BCUT2D eigenvalue weighted by atomic mass is 10.1. The molecule has 0 aliphatic heterocycles. The van der Waals surface area contributed by atoms with Gasteiger partial charge in [-0.1, -0.05) is 26.8 Å². The zero-order valence-corrected chi connectivity index (χ0v) is 12.4. The third kappa shape index (κ3) is 3.45. The summed E-state index contributed by atoms with van der Waals surface area (Å²) in [4.78, 5) is 4.30. The first kappa shape index (κ1) is 14.7. The molecule has 0 fully saturated rings. The molecule has 0 saturated carbocycles. The van der Waals surface area contributed by atoms with Crippen molar-refractivity contribution in [3.63, 3.8) is 0 Å². The van der Waals surface area contributed by atoms with E-state index >= 15 is 0 Å². The number of imidazole rings is 1. The Morgan fingerprint density at radius 1 is 1.35 bits per heavy atom. The zero-order valence-electron chi connectivity index (χ0n) is 12.4. The molecule has 0 aliphatic carbocycles. The second-order valence-electron chi connectivity index (χ2n) is 5.29. The first-order chi connectivity index (χ1) is 9.61. The summed E-state index contributed by atoms with van der Waals surface area (Å²) in [7, 11) is 0. The second kappa shape index (κ2) is 6.66. The number of benzene rings is 1. The van der Waals surface area contributed by atoms with Crippen molar-refractivity contribution < 1.29 is 4.39 Å². The summed E-state index contributed by atoms with van der Waals surface area (Å²) in [5.41, 5.74) is 1.65. The van der Waals surface area contributed by atoms with Gasteiger partial charge in [-0.05, 0) is 24.1 Å². The van der Waals surface area contributed by atoms with Gasteiger partial charge >= 0.3 is 0 Å². The van der Waals surface area contributed by atoms with Gasteiger partial charge in [0.25, 0.3) is 0 Å². The maximum absolute atomic E-state index is 14.1. The van der Waals surface area contributed by atoms with Crippen molar-refractivity contribution in [1.82, 2.24) is 14.9 Å². The monoisotopic (exact) mass is 275 g/mol. The smallest absolute Gasteiger partial charge is 0.142 e. The van der Waals surface area contributed by atoms with E-state index in [9.17, 15) is 4.39 Å². The molecule has 2 rings (SSSR count). The van der Waals surface area contributed by atoms with Crippen LogP contribution in [0.1, 0.15) is 32.8 Å². The molecule has 0 saturated heterocycles. The van der Waals surface area contributed by atoms with E-state index in [4.69, 9.17) is 0 Å². The SMILES string of the molecule is CCCn1ccnc1-c1cc(CNC(C)C)ccc1F. The van der Waals surface area contributed by atoms with E-state index in [0.717, 1.165) is 25.1 Å². The summed E-state index contributed by atoms with van der Waals surface area (Å²) in [6, 6.07) is 5.64. The van der Waals surface area contributed by atoms with Gasteiger partial charge in [-0.15, -0.1) is 0 Å². The van der Waals surface area contributed by atoms with Crippen molar-refractivity contribution in [3.8, 4) is 11.4 Å². The van der Waals surface area contributed by atoms with E-state index in [1.54, 1.807) is 6.20 Å². The molecule has 4 heteroatoms. The quantitative estimate of drug-likeness (QED) is 0.873. The van der Waals surface area contributed by atoms with Gasteiger partial charge in [0.1, 0.15) is 11.6 Å². The Hall–Kier alpha value is -1.68. The summed E-state index contributed by atoms with van der Waals surface area (Å²) in [6.07, 6.45) is 4.63. The average molecular weight is 275 g/mol. The molecule has 1 aromatic heterocycles. The Balaban J connectivity index is 2.30. The number of nitrogens with one attached hydrogen (secondary N) is 1. The molecule has 0 unspecified atom stereocenters. The predicted octanol–water partition coefficient (Wildman–Crippen LogP) is 3.60. The lowest BCUT2D eigenvalue weighted by Gasteiger charge is -2.11.